The Bertz CT molecular complexity index is 894. The van der Waals surface area contributed by atoms with Crippen molar-refractivity contribution in [3.63, 3.8) is 0 Å². The molecule has 0 aliphatic carbocycles. The zero-order valence-corrected chi connectivity index (χ0v) is 16.8. The lowest BCUT2D eigenvalue weighted by Gasteiger charge is -2.21. The number of aromatic nitrogens is 1. The number of benzene rings is 2. The molecular formula is C20H20N2O3S2. The fourth-order valence-corrected chi connectivity index (χ4v) is 4.41. The minimum absolute atomic E-state index is 0.125. The lowest BCUT2D eigenvalue weighted by molar-refractivity contribution is -0.156. The van der Waals surface area contributed by atoms with Crippen molar-refractivity contribution in [1.29, 1.82) is 0 Å². The SMILES string of the molecule is C[C@@H](OC(=O)CSc1nc2ccccc2s1)C(=O)N(C)Cc1ccccc1. The van der Waals surface area contributed by atoms with E-state index in [0.29, 0.717) is 6.54 Å². The zero-order valence-electron chi connectivity index (χ0n) is 15.1. The number of nitrogens with zero attached hydrogens (tertiary/aromatic N) is 2. The molecule has 1 aromatic heterocycles. The molecule has 0 spiro atoms. The highest BCUT2D eigenvalue weighted by Gasteiger charge is 2.22. The molecule has 0 saturated heterocycles. The van der Waals surface area contributed by atoms with Crippen LogP contribution in [0.3, 0.4) is 0 Å². The minimum Gasteiger partial charge on any atom is -0.452 e. The van der Waals surface area contributed by atoms with Crippen LogP contribution in [0.2, 0.25) is 0 Å². The van der Waals surface area contributed by atoms with Crippen LogP contribution in [0.15, 0.2) is 58.9 Å². The van der Waals surface area contributed by atoms with E-state index in [2.05, 4.69) is 4.98 Å². The third-order valence-corrected chi connectivity index (χ3v) is 6.04. The molecule has 2 aromatic carbocycles. The Labute approximate surface area is 166 Å². The molecule has 140 valence electrons. The molecule has 7 heteroatoms. The first kappa shape index (κ1) is 19.4. The molecule has 0 aliphatic heterocycles. The molecule has 3 aromatic rings. The molecule has 0 aliphatic rings. The molecule has 5 nitrogen and oxygen atoms in total. The number of likely N-dealkylation sites (N-methyl/N-ethyl adjacent to an activating group) is 1. The summed E-state index contributed by atoms with van der Waals surface area (Å²) in [4.78, 5) is 30.5. The molecule has 0 unspecified atom stereocenters. The summed E-state index contributed by atoms with van der Waals surface area (Å²) in [7, 11) is 1.70. The van der Waals surface area contributed by atoms with Crippen molar-refractivity contribution < 1.29 is 14.3 Å². The molecule has 27 heavy (non-hydrogen) atoms. The van der Waals surface area contributed by atoms with Gasteiger partial charge in [-0.25, -0.2) is 4.98 Å². The number of rotatable bonds is 7. The highest BCUT2D eigenvalue weighted by atomic mass is 32.2. The molecule has 0 fully saturated rings. The Balaban J connectivity index is 1.48. The van der Waals surface area contributed by atoms with Gasteiger partial charge in [0.15, 0.2) is 10.4 Å². The summed E-state index contributed by atoms with van der Waals surface area (Å²) in [5.41, 5.74) is 1.95. The second-order valence-corrected chi connectivity index (χ2v) is 8.30. The fraction of sp³-hybridized carbons (Fsp3) is 0.250. The van der Waals surface area contributed by atoms with Crippen LogP contribution in [0, 0.1) is 0 Å². The first-order chi connectivity index (χ1) is 13.0. The average molecular weight is 401 g/mol. The van der Waals surface area contributed by atoms with E-state index < -0.39 is 12.1 Å². The zero-order chi connectivity index (χ0) is 19.2. The van der Waals surface area contributed by atoms with E-state index >= 15 is 0 Å². The second-order valence-electron chi connectivity index (χ2n) is 6.05. The fourth-order valence-electron chi connectivity index (χ4n) is 2.56. The van der Waals surface area contributed by atoms with Gasteiger partial charge in [-0.2, -0.15) is 0 Å². The first-order valence-corrected chi connectivity index (χ1v) is 10.3. The Morgan fingerprint density at radius 3 is 2.59 bits per heavy atom. The highest BCUT2D eigenvalue weighted by molar-refractivity contribution is 8.01. The molecule has 0 radical (unpaired) electrons. The first-order valence-electron chi connectivity index (χ1n) is 8.49. The quantitative estimate of drug-likeness (QED) is 0.443. The molecule has 0 bridgehead atoms. The van der Waals surface area contributed by atoms with Crippen LogP contribution in [0.4, 0.5) is 0 Å². The van der Waals surface area contributed by atoms with Gasteiger partial charge < -0.3 is 9.64 Å². The van der Waals surface area contributed by atoms with Gasteiger partial charge in [-0.3, -0.25) is 9.59 Å². The molecule has 0 N–H and O–H groups in total. The van der Waals surface area contributed by atoms with Gasteiger partial charge in [0.25, 0.3) is 5.91 Å². The van der Waals surface area contributed by atoms with Crippen molar-refractivity contribution in [2.45, 2.75) is 23.9 Å². The third-order valence-electron chi connectivity index (χ3n) is 3.88. The third kappa shape index (κ3) is 5.30. The van der Waals surface area contributed by atoms with E-state index in [1.54, 1.807) is 18.9 Å². The number of thioether (sulfide) groups is 1. The van der Waals surface area contributed by atoms with Crippen LogP contribution in [-0.4, -0.2) is 40.7 Å². The number of esters is 1. The average Bonchev–Trinajstić information content (AvgIpc) is 3.09. The minimum atomic E-state index is -0.817. The number of amides is 1. The lowest BCUT2D eigenvalue weighted by Crippen LogP contribution is -2.37. The van der Waals surface area contributed by atoms with Crippen molar-refractivity contribution in [2.24, 2.45) is 0 Å². The van der Waals surface area contributed by atoms with Gasteiger partial charge in [-0.05, 0) is 24.6 Å². The number of thiazole rings is 1. The Morgan fingerprint density at radius 2 is 1.85 bits per heavy atom. The van der Waals surface area contributed by atoms with Gasteiger partial charge in [0, 0.05) is 13.6 Å². The molecule has 1 amide bonds. The summed E-state index contributed by atoms with van der Waals surface area (Å²) in [5, 5.41) is 0. The van der Waals surface area contributed by atoms with Crippen LogP contribution in [0.25, 0.3) is 10.2 Å². The number of hydrogen-bond donors (Lipinski definition) is 0. The number of para-hydroxylation sites is 1. The lowest BCUT2D eigenvalue weighted by atomic mass is 10.2. The summed E-state index contributed by atoms with van der Waals surface area (Å²) in [6, 6.07) is 17.5. The van der Waals surface area contributed by atoms with E-state index in [4.69, 9.17) is 4.74 Å². The van der Waals surface area contributed by atoms with Crippen LogP contribution in [0.5, 0.6) is 0 Å². The normalized spacial score (nSPS) is 11.9. The summed E-state index contributed by atoms with van der Waals surface area (Å²) < 4.78 is 7.19. The standard InChI is InChI=1S/C20H20N2O3S2/c1-14(19(24)22(2)12-15-8-4-3-5-9-15)25-18(23)13-26-20-21-16-10-6-7-11-17(16)27-20/h3-11,14H,12-13H2,1-2H3/t14-/m1/s1. The summed E-state index contributed by atoms with van der Waals surface area (Å²) >= 11 is 2.87. The monoisotopic (exact) mass is 400 g/mol. The summed E-state index contributed by atoms with van der Waals surface area (Å²) in [5.74, 6) is -0.523. The number of fused-ring (bicyclic) bond motifs is 1. The number of carbonyl (C=O) groups excluding carboxylic acids is 2. The molecule has 0 saturated carbocycles. The van der Waals surface area contributed by atoms with Gasteiger partial charge in [-0.15, -0.1) is 11.3 Å². The second kappa shape index (κ2) is 9.01. The Hall–Kier alpha value is -2.38. The summed E-state index contributed by atoms with van der Waals surface area (Å²) in [6.07, 6.45) is -0.817. The van der Waals surface area contributed by atoms with Gasteiger partial charge in [0.2, 0.25) is 0 Å². The maximum atomic E-state index is 12.4. The van der Waals surface area contributed by atoms with Crippen molar-refractivity contribution in [3.8, 4) is 0 Å². The summed E-state index contributed by atoms with van der Waals surface area (Å²) in [6.45, 7) is 2.08. The van der Waals surface area contributed by atoms with Gasteiger partial charge in [0.05, 0.1) is 16.0 Å². The van der Waals surface area contributed by atoms with Crippen LogP contribution in [0.1, 0.15) is 12.5 Å². The van der Waals surface area contributed by atoms with E-state index in [9.17, 15) is 9.59 Å². The number of hydrogen-bond acceptors (Lipinski definition) is 6. The number of ether oxygens (including phenoxy) is 1. The largest absolute Gasteiger partial charge is 0.452 e. The van der Waals surface area contributed by atoms with Crippen molar-refractivity contribution in [2.75, 3.05) is 12.8 Å². The Morgan fingerprint density at radius 1 is 1.15 bits per heavy atom. The molecular weight excluding hydrogens is 380 g/mol. The van der Waals surface area contributed by atoms with E-state index in [-0.39, 0.29) is 11.7 Å². The van der Waals surface area contributed by atoms with Crippen LogP contribution >= 0.6 is 23.1 Å². The van der Waals surface area contributed by atoms with E-state index in [1.165, 1.54) is 23.1 Å². The van der Waals surface area contributed by atoms with Crippen molar-refractivity contribution >= 4 is 45.2 Å². The molecule has 3 rings (SSSR count). The Kier molecular flexibility index (Phi) is 6.47. The van der Waals surface area contributed by atoms with Crippen molar-refractivity contribution in [1.82, 2.24) is 9.88 Å². The maximum absolute atomic E-state index is 12.4. The van der Waals surface area contributed by atoms with Crippen LogP contribution < -0.4 is 0 Å². The smallest absolute Gasteiger partial charge is 0.317 e. The predicted octanol–water partition coefficient (Wildman–Crippen LogP) is 3.98. The number of carbonyl (C=O) groups is 2. The highest BCUT2D eigenvalue weighted by Crippen LogP contribution is 2.29. The van der Waals surface area contributed by atoms with Gasteiger partial charge in [-0.1, -0.05) is 54.2 Å². The maximum Gasteiger partial charge on any atom is 0.317 e. The topological polar surface area (TPSA) is 59.5 Å². The van der Waals surface area contributed by atoms with Crippen LogP contribution in [-0.2, 0) is 20.9 Å². The van der Waals surface area contributed by atoms with Crippen molar-refractivity contribution in [3.05, 3.63) is 60.2 Å². The molecule has 1 atom stereocenters. The predicted molar refractivity (Wildman–Crippen MR) is 109 cm³/mol. The van der Waals surface area contributed by atoms with E-state index in [1.807, 2.05) is 54.6 Å². The van der Waals surface area contributed by atoms with Gasteiger partial charge >= 0.3 is 5.97 Å². The molecule has 1 heterocycles. The van der Waals surface area contributed by atoms with E-state index in [0.717, 1.165) is 20.1 Å². The van der Waals surface area contributed by atoms with Gasteiger partial charge in [0.1, 0.15) is 0 Å².